The number of likely N-dealkylation sites (N-methyl/N-ethyl adjacent to an activating group) is 1. The molecule has 0 aliphatic carbocycles. The fourth-order valence-corrected chi connectivity index (χ4v) is 3.28. The van der Waals surface area contributed by atoms with Crippen LogP contribution in [0.15, 0.2) is 83.3 Å². The number of carboxylic acids is 1. The van der Waals surface area contributed by atoms with E-state index >= 15 is 0 Å². The highest BCUT2D eigenvalue weighted by Gasteiger charge is 2.27. The summed E-state index contributed by atoms with van der Waals surface area (Å²) in [7, 11) is 1.52. The van der Waals surface area contributed by atoms with Gasteiger partial charge in [-0.1, -0.05) is 58.4 Å². The molecule has 0 aliphatic heterocycles. The van der Waals surface area contributed by atoms with E-state index in [9.17, 15) is 14.7 Å². The Bertz CT molecular complexity index is 988. The molecule has 0 aromatic heterocycles. The van der Waals surface area contributed by atoms with Crippen LogP contribution in [0.1, 0.15) is 21.5 Å². The Kier molecular flexibility index (Phi) is 7.25. The lowest BCUT2D eigenvalue weighted by molar-refractivity contribution is -0.141. The van der Waals surface area contributed by atoms with Gasteiger partial charge in [-0.05, 0) is 47.5 Å². The third-order valence-corrected chi connectivity index (χ3v) is 5.29. The molecule has 6 heteroatoms. The molecule has 0 heterocycles. The Morgan fingerprint density at radius 2 is 1.57 bits per heavy atom. The minimum atomic E-state index is -1.03. The van der Waals surface area contributed by atoms with Crippen LogP contribution in [-0.2, 0) is 17.8 Å². The topological polar surface area (TPSA) is 66.8 Å². The molecule has 154 valence electrons. The molecule has 0 saturated carbocycles. The van der Waals surface area contributed by atoms with Crippen molar-refractivity contribution in [3.63, 3.8) is 0 Å². The van der Waals surface area contributed by atoms with E-state index in [-0.39, 0.29) is 12.3 Å². The molecule has 3 rings (SSSR count). The average Bonchev–Trinajstić information content (AvgIpc) is 2.77. The zero-order chi connectivity index (χ0) is 21.5. The predicted octanol–water partition coefficient (Wildman–Crippen LogP) is 4.80. The van der Waals surface area contributed by atoms with Crippen LogP contribution in [-0.4, -0.2) is 35.0 Å². The average molecular weight is 468 g/mol. The van der Waals surface area contributed by atoms with Crippen LogP contribution in [0.25, 0.3) is 0 Å². The van der Waals surface area contributed by atoms with Crippen molar-refractivity contribution in [2.24, 2.45) is 0 Å². The number of benzene rings is 3. The third-order valence-electron chi connectivity index (χ3n) is 4.76. The van der Waals surface area contributed by atoms with Crippen molar-refractivity contribution in [3.05, 3.63) is 100 Å². The zero-order valence-corrected chi connectivity index (χ0v) is 18.1. The fraction of sp³-hybridized carbons (Fsp3) is 0.167. The van der Waals surface area contributed by atoms with Crippen LogP contribution in [0.5, 0.6) is 5.75 Å². The maximum Gasteiger partial charge on any atom is 0.326 e. The van der Waals surface area contributed by atoms with E-state index in [2.05, 4.69) is 15.9 Å². The summed E-state index contributed by atoms with van der Waals surface area (Å²) in [6, 6.07) is 22.9. The van der Waals surface area contributed by atoms with Gasteiger partial charge in [-0.25, -0.2) is 4.79 Å². The van der Waals surface area contributed by atoms with Gasteiger partial charge in [0, 0.05) is 23.5 Å². The number of hydrogen-bond donors (Lipinski definition) is 1. The van der Waals surface area contributed by atoms with E-state index in [0.29, 0.717) is 12.2 Å². The standard InChI is InChI=1S/C24H22BrNO4/c1-26(22(24(28)29)15-17-5-3-2-4-6-17)23(27)19-9-7-18(8-10-19)16-30-21-13-11-20(25)12-14-21/h2-14,22H,15-16H2,1H3,(H,28,29)/t22-/m1/s1. The Hall–Kier alpha value is -3.12. The Morgan fingerprint density at radius 1 is 0.933 bits per heavy atom. The van der Waals surface area contributed by atoms with Crippen molar-refractivity contribution in [1.82, 2.24) is 4.90 Å². The van der Waals surface area contributed by atoms with Crippen molar-refractivity contribution >= 4 is 27.8 Å². The molecule has 0 fully saturated rings. The van der Waals surface area contributed by atoms with Gasteiger partial charge in [-0.2, -0.15) is 0 Å². The van der Waals surface area contributed by atoms with Crippen molar-refractivity contribution in [3.8, 4) is 5.75 Å². The minimum Gasteiger partial charge on any atom is -0.489 e. The first-order valence-corrected chi connectivity index (χ1v) is 10.2. The van der Waals surface area contributed by atoms with Crippen molar-refractivity contribution in [2.75, 3.05) is 7.05 Å². The van der Waals surface area contributed by atoms with Crippen LogP contribution in [0.4, 0.5) is 0 Å². The van der Waals surface area contributed by atoms with Crippen LogP contribution in [0, 0.1) is 0 Å². The number of carbonyl (C=O) groups is 2. The number of aliphatic carboxylic acids is 1. The second-order valence-corrected chi connectivity index (χ2v) is 7.82. The van der Waals surface area contributed by atoms with Gasteiger partial charge >= 0.3 is 5.97 Å². The molecule has 1 amide bonds. The molecule has 0 spiro atoms. The third kappa shape index (κ3) is 5.70. The van der Waals surface area contributed by atoms with Gasteiger partial charge in [0.15, 0.2) is 0 Å². The Labute approximate surface area is 184 Å². The number of halogens is 1. The SMILES string of the molecule is CN(C(=O)c1ccc(COc2ccc(Br)cc2)cc1)[C@H](Cc1ccccc1)C(=O)O. The maximum absolute atomic E-state index is 12.8. The van der Waals surface area contributed by atoms with E-state index < -0.39 is 12.0 Å². The molecule has 0 unspecified atom stereocenters. The molecule has 1 atom stereocenters. The first kappa shape index (κ1) is 21.6. The lowest BCUT2D eigenvalue weighted by Crippen LogP contribution is -2.43. The summed E-state index contributed by atoms with van der Waals surface area (Å²) in [5.41, 5.74) is 2.21. The molecule has 30 heavy (non-hydrogen) atoms. The van der Waals surface area contributed by atoms with E-state index in [1.807, 2.05) is 66.7 Å². The van der Waals surface area contributed by atoms with Crippen molar-refractivity contribution < 1.29 is 19.4 Å². The number of amides is 1. The van der Waals surface area contributed by atoms with Crippen molar-refractivity contribution in [1.29, 1.82) is 0 Å². The smallest absolute Gasteiger partial charge is 0.326 e. The quantitative estimate of drug-likeness (QED) is 0.516. The summed E-state index contributed by atoms with van der Waals surface area (Å²) in [6.07, 6.45) is 0.248. The first-order valence-electron chi connectivity index (χ1n) is 9.45. The summed E-state index contributed by atoms with van der Waals surface area (Å²) in [6.45, 7) is 0.373. The number of carbonyl (C=O) groups excluding carboxylic acids is 1. The van der Waals surface area contributed by atoms with Gasteiger partial charge in [0.2, 0.25) is 0 Å². The Morgan fingerprint density at radius 3 is 2.17 bits per heavy atom. The van der Waals surface area contributed by atoms with Gasteiger partial charge in [0.25, 0.3) is 5.91 Å². The number of ether oxygens (including phenoxy) is 1. The molecule has 0 bridgehead atoms. The molecular weight excluding hydrogens is 446 g/mol. The lowest BCUT2D eigenvalue weighted by Gasteiger charge is -2.25. The number of rotatable bonds is 8. The monoisotopic (exact) mass is 467 g/mol. The van der Waals surface area contributed by atoms with Crippen LogP contribution < -0.4 is 4.74 Å². The largest absolute Gasteiger partial charge is 0.489 e. The molecule has 0 radical (unpaired) electrons. The molecule has 3 aromatic rings. The van der Waals surface area contributed by atoms with Gasteiger partial charge in [0.05, 0.1) is 0 Å². The highest BCUT2D eigenvalue weighted by Crippen LogP contribution is 2.18. The molecule has 5 nitrogen and oxygen atoms in total. The first-order chi connectivity index (χ1) is 14.4. The predicted molar refractivity (Wildman–Crippen MR) is 119 cm³/mol. The molecular formula is C24H22BrNO4. The molecule has 3 aromatic carbocycles. The lowest BCUT2D eigenvalue weighted by atomic mass is 10.0. The fourth-order valence-electron chi connectivity index (χ4n) is 3.01. The zero-order valence-electron chi connectivity index (χ0n) is 16.5. The summed E-state index contributed by atoms with van der Waals surface area (Å²) in [5, 5.41) is 9.63. The minimum absolute atomic E-state index is 0.248. The molecule has 0 saturated heterocycles. The molecule has 0 aliphatic rings. The normalized spacial score (nSPS) is 11.5. The van der Waals surface area contributed by atoms with E-state index in [1.165, 1.54) is 11.9 Å². The number of carboxylic acid groups (broad SMARTS) is 1. The van der Waals surface area contributed by atoms with Gasteiger partial charge in [0.1, 0.15) is 18.4 Å². The van der Waals surface area contributed by atoms with E-state index in [4.69, 9.17) is 4.74 Å². The second kappa shape index (κ2) is 10.1. The highest BCUT2D eigenvalue weighted by molar-refractivity contribution is 9.10. The summed E-state index contributed by atoms with van der Waals surface area (Å²) >= 11 is 3.38. The van der Waals surface area contributed by atoms with Gasteiger partial charge in [-0.3, -0.25) is 4.79 Å². The van der Waals surface area contributed by atoms with Gasteiger partial charge < -0.3 is 14.7 Å². The summed E-state index contributed by atoms with van der Waals surface area (Å²) in [4.78, 5) is 25.9. The van der Waals surface area contributed by atoms with Crippen LogP contribution in [0.2, 0.25) is 0 Å². The second-order valence-electron chi connectivity index (χ2n) is 6.90. The maximum atomic E-state index is 12.8. The highest BCUT2D eigenvalue weighted by atomic mass is 79.9. The summed E-state index contributed by atoms with van der Waals surface area (Å²) in [5.74, 6) is -0.615. The van der Waals surface area contributed by atoms with E-state index in [1.54, 1.807) is 12.1 Å². The van der Waals surface area contributed by atoms with Gasteiger partial charge in [-0.15, -0.1) is 0 Å². The van der Waals surface area contributed by atoms with E-state index in [0.717, 1.165) is 21.3 Å². The Balaban J connectivity index is 1.64. The molecule has 1 N–H and O–H groups in total. The summed E-state index contributed by atoms with van der Waals surface area (Å²) < 4.78 is 6.72. The van der Waals surface area contributed by atoms with Crippen LogP contribution >= 0.6 is 15.9 Å². The number of hydrogen-bond acceptors (Lipinski definition) is 3. The van der Waals surface area contributed by atoms with Crippen molar-refractivity contribution in [2.45, 2.75) is 19.1 Å². The number of nitrogens with zero attached hydrogens (tertiary/aromatic N) is 1. The van der Waals surface area contributed by atoms with Crippen LogP contribution in [0.3, 0.4) is 0 Å².